The third-order valence-corrected chi connectivity index (χ3v) is 4.70. The number of nitrogens with one attached hydrogen (secondary N) is 2. The number of aromatic nitrogens is 2. The highest BCUT2D eigenvalue weighted by Gasteiger charge is 2.22. The molecule has 2 aromatic heterocycles. The van der Waals surface area contributed by atoms with Gasteiger partial charge in [0.2, 0.25) is 0 Å². The van der Waals surface area contributed by atoms with Crippen LogP contribution in [0.3, 0.4) is 0 Å². The van der Waals surface area contributed by atoms with Crippen LogP contribution in [0, 0.1) is 6.92 Å². The number of rotatable bonds is 2. The lowest BCUT2D eigenvalue weighted by molar-refractivity contribution is 0.103. The summed E-state index contributed by atoms with van der Waals surface area (Å²) < 4.78 is 5.72. The number of carbonyl (C=O) groups is 1. The topological polar surface area (TPSA) is 67.0 Å². The molecule has 3 heterocycles. The largest absolute Gasteiger partial charge is 0.488 e. The molecule has 1 aliphatic rings. The van der Waals surface area contributed by atoms with Gasteiger partial charge in [0.25, 0.3) is 5.91 Å². The molecule has 3 aromatic rings. The number of fused-ring (bicyclic) bond motifs is 3. The van der Waals surface area contributed by atoms with Crippen LogP contribution in [0.1, 0.15) is 20.9 Å². The summed E-state index contributed by atoms with van der Waals surface area (Å²) >= 11 is 1.48. The Morgan fingerprint density at radius 3 is 3.05 bits per heavy atom. The molecule has 0 spiro atoms. The highest BCUT2D eigenvalue weighted by molar-refractivity contribution is 7.17. The maximum Gasteiger partial charge on any atom is 0.266 e. The zero-order valence-electron chi connectivity index (χ0n) is 11.8. The number of aromatic amines is 1. The normalized spacial score (nSPS) is 12.2. The minimum atomic E-state index is -0.150. The van der Waals surface area contributed by atoms with Gasteiger partial charge in [0.05, 0.1) is 4.88 Å². The second-order valence-corrected chi connectivity index (χ2v) is 6.19. The van der Waals surface area contributed by atoms with Crippen molar-refractivity contribution in [2.75, 3.05) is 5.32 Å². The molecule has 0 saturated heterocycles. The Labute approximate surface area is 130 Å². The van der Waals surface area contributed by atoms with Crippen molar-refractivity contribution in [3.05, 3.63) is 52.5 Å². The molecular weight excluding hydrogens is 298 g/mol. The summed E-state index contributed by atoms with van der Waals surface area (Å²) in [6, 6.07) is 11.6. The zero-order valence-corrected chi connectivity index (χ0v) is 12.7. The minimum Gasteiger partial charge on any atom is -0.488 e. The average molecular weight is 311 g/mol. The Kier molecular flexibility index (Phi) is 2.97. The lowest BCUT2D eigenvalue weighted by Gasteiger charge is -2.16. The molecule has 1 aromatic carbocycles. The molecule has 1 aliphatic heterocycles. The van der Waals surface area contributed by atoms with Crippen LogP contribution in [0.2, 0.25) is 0 Å². The van der Waals surface area contributed by atoms with E-state index in [1.54, 1.807) is 6.07 Å². The van der Waals surface area contributed by atoms with Gasteiger partial charge in [-0.05, 0) is 25.1 Å². The molecule has 0 saturated carbocycles. The zero-order chi connectivity index (χ0) is 15.1. The van der Waals surface area contributed by atoms with Gasteiger partial charge in [0.1, 0.15) is 12.4 Å². The van der Waals surface area contributed by atoms with Gasteiger partial charge in [0.15, 0.2) is 5.82 Å². The first-order valence-electron chi connectivity index (χ1n) is 6.89. The van der Waals surface area contributed by atoms with Crippen LogP contribution < -0.4 is 10.1 Å². The maximum atomic E-state index is 12.4. The van der Waals surface area contributed by atoms with E-state index < -0.39 is 0 Å². The molecule has 0 bridgehead atoms. The number of hydrogen-bond donors (Lipinski definition) is 2. The molecule has 1 amide bonds. The average Bonchev–Trinajstić information content (AvgIpc) is 3.13. The molecule has 5 nitrogen and oxygen atoms in total. The monoisotopic (exact) mass is 311 g/mol. The number of carbonyl (C=O) groups excluding carboxylic acids is 1. The number of amides is 1. The molecule has 0 radical (unpaired) electrons. The quantitative estimate of drug-likeness (QED) is 0.760. The number of H-pyrrole nitrogens is 1. The summed E-state index contributed by atoms with van der Waals surface area (Å²) in [4.78, 5) is 14.1. The highest BCUT2D eigenvalue weighted by Crippen LogP contribution is 2.42. The van der Waals surface area contributed by atoms with Crippen molar-refractivity contribution in [3.8, 4) is 16.2 Å². The molecule has 0 aliphatic carbocycles. The SMILES string of the molecule is Cc1cc(NC(=O)c2cc3c(s2)-c2ccccc2OC3)n[nH]1. The molecule has 0 unspecified atom stereocenters. The molecule has 4 rings (SSSR count). The Morgan fingerprint density at radius 2 is 2.23 bits per heavy atom. The molecule has 0 fully saturated rings. The lowest BCUT2D eigenvalue weighted by atomic mass is 10.1. The Balaban J connectivity index is 1.65. The van der Waals surface area contributed by atoms with Crippen molar-refractivity contribution in [1.82, 2.24) is 10.2 Å². The van der Waals surface area contributed by atoms with Crippen LogP contribution in [0.25, 0.3) is 10.4 Å². The van der Waals surface area contributed by atoms with E-state index in [1.165, 1.54) is 11.3 Å². The van der Waals surface area contributed by atoms with E-state index in [0.29, 0.717) is 17.3 Å². The van der Waals surface area contributed by atoms with Gasteiger partial charge in [-0.25, -0.2) is 0 Å². The van der Waals surface area contributed by atoms with Crippen LogP contribution in [0.15, 0.2) is 36.4 Å². The molecule has 22 heavy (non-hydrogen) atoms. The third-order valence-electron chi connectivity index (χ3n) is 3.50. The van der Waals surface area contributed by atoms with E-state index in [1.807, 2.05) is 37.3 Å². The summed E-state index contributed by atoms with van der Waals surface area (Å²) in [5.41, 5.74) is 3.00. The second-order valence-electron chi connectivity index (χ2n) is 5.14. The van der Waals surface area contributed by atoms with E-state index in [4.69, 9.17) is 4.74 Å². The van der Waals surface area contributed by atoms with Crippen molar-refractivity contribution >= 4 is 23.1 Å². The van der Waals surface area contributed by atoms with E-state index in [0.717, 1.165) is 27.4 Å². The first-order valence-corrected chi connectivity index (χ1v) is 7.70. The van der Waals surface area contributed by atoms with E-state index in [9.17, 15) is 4.79 Å². The van der Waals surface area contributed by atoms with Crippen molar-refractivity contribution in [2.45, 2.75) is 13.5 Å². The van der Waals surface area contributed by atoms with Gasteiger partial charge in [-0.2, -0.15) is 5.10 Å². The number of ether oxygens (including phenoxy) is 1. The molecule has 6 heteroatoms. The highest BCUT2D eigenvalue weighted by atomic mass is 32.1. The minimum absolute atomic E-state index is 0.150. The van der Waals surface area contributed by atoms with Crippen molar-refractivity contribution < 1.29 is 9.53 Å². The predicted molar refractivity (Wildman–Crippen MR) is 85.4 cm³/mol. The van der Waals surface area contributed by atoms with Crippen molar-refractivity contribution in [1.29, 1.82) is 0 Å². The van der Waals surface area contributed by atoms with Gasteiger partial charge in [-0.3, -0.25) is 9.89 Å². The Hall–Kier alpha value is -2.60. The van der Waals surface area contributed by atoms with Gasteiger partial charge < -0.3 is 10.1 Å². The summed E-state index contributed by atoms with van der Waals surface area (Å²) in [6.45, 7) is 2.39. The summed E-state index contributed by atoms with van der Waals surface area (Å²) in [5.74, 6) is 1.25. The van der Waals surface area contributed by atoms with Crippen LogP contribution in [-0.2, 0) is 6.61 Å². The van der Waals surface area contributed by atoms with Crippen LogP contribution in [-0.4, -0.2) is 16.1 Å². The third kappa shape index (κ3) is 2.17. The number of nitrogens with zero attached hydrogens (tertiary/aromatic N) is 1. The first kappa shape index (κ1) is 13.1. The van der Waals surface area contributed by atoms with Crippen LogP contribution in [0.4, 0.5) is 5.82 Å². The maximum absolute atomic E-state index is 12.4. The van der Waals surface area contributed by atoms with Crippen LogP contribution in [0.5, 0.6) is 5.75 Å². The molecular formula is C16H13N3O2S. The number of aryl methyl sites for hydroxylation is 1. The predicted octanol–water partition coefficient (Wildman–Crippen LogP) is 3.59. The second kappa shape index (κ2) is 4.99. The number of para-hydroxylation sites is 1. The van der Waals surface area contributed by atoms with E-state index in [2.05, 4.69) is 15.5 Å². The van der Waals surface area contributed by atoms with Crippen molar-refractivity contribution in [3.63, 3.8) is 0 Å². The first-order chi connectivity index (χ1) is 10.7. The standard InChI is InChI=1S/C16H13N3O2S/c1-9-6-14(19-18-9)17-16(20)13-7-10-8-21-12-5-3-2-4-11(12)15(10)22-13/h2-7H,8H2,1H3,(H2,17,18,19,20). The fraction of sp³-hybridized carbons (Fsp3) is 0.125. The summed E-state index contributed by atoms with van der Waals surface area (Å²) in [6.07, 6.45) is 0. The number of benzene rings is 1. The smallest absolute Gasteiger partial charge is 0.266 e. The van der Waals surface area contributed by atoms with Gasteiger partial charge >= 0.3 is 0 Å². The Morgan fingerprint density at radius 1 is 1.36 bits per heavy atom. The number of hydrogen-bond acceptors (Lipinski definition) is 4. The van der Waals surface area contributed by atoms with Crippen molar-refractivity contribution in [2.24, 2.45) is 0 Å². The molecule has 110 valence electrons. The van der Waals surface area contributed by atoms with Gasteiger partial charge in [0, 0.05) is 27.8 Å². The van der Waals surface area contributed by atoms with E-state index >= 15 is 0 Å². The van der Waals surface area contributed by atoms with E-state index in [-0.39, 0.29) is 5.91 Å². The van der Waals surface area contributed by atoms with Crippen LogP contribution >= 0.6 is 11.3 Å². The summed E-state index contributed by atoms with van der Waals surface area (Å²) in [5, 5.41) is 9.63. The lowest BCUT2D eigenvalue weighted by Crippen LogP contribution is -2.10. The number of anilines is 1. The van der Waals surface area contributed by atoms with Gasteiger partial charge in [-0.1, -0.05) is 12.1 Å². The fourth-order valence-corrected chi connectivity index (χ4v) is 3.56. The summed E-state index contributed by atoms with van der Waals surface area (Å²) in [7, 11) is 0. The Bertz CT molecular complexity index is 866. The molecule has 2 N–H and O–H groups in total. The molecule has 0 atom stereocenters. The number of thiophene rings is 1. The van der Waals surface area contributed by atoms with Gasteiger partial charge in [-0.15, -0.1) is 11.3 Å². The fourth-order valence-electron chi connectivity index (χ4n) is 2.47.